The van der Waals surface area contributed by atoms with Crippen molar-refractivity contribution in [3.8, 4) is 0 Å². The van der Waals surface area contributed by atoms with Crippen molar-refractivity contribution in [1.82, 2.24) is 0 Å². The first kappa shape index (κ1) is 22.9. The second kappa shape index (κ2) is 9.58. The fourth-order valence-electron chi connectivity index (χ4n) is 3.55. The zero-order valence-corrected chi connectivity index (χ0v) is 18.3. The average molecular weight is 445 g/mol. The van der Waals surface area contributed by atoms with E-state index in [-0.39, 0.29) is 30.3 Å². The molecule has 0 unspecified atom stereocenters. The van der Waals surface area contributed by atoms with Gasteiger partial charge in [0.2, 0.25) is 0 Å². The number of benzene rings is 2. The van der Waals surface area contributed by atoms with Gasteiger partial charge in [-0.2, -0.15) is 0 Å². The molecule has 0 saturated carbocycles. The molecule has 0 saturated heterocycles. The highest BCUT2D eigenvalue weighted by atomic mass is 32.2. The standard InChI is InChI=1S/C24H25FO5S/c1-16-21(13-17-5-8-19(9-6-17)31(2,28)29)20-10-7-18(25)14-23(20)22(16)15-24(27)30-12-4-3-11-26/h5-10,13-14,26H,3-4,11-12,15H2,1-2H3/b21-13-. The first-order chi connectivity index (χ1) is 14.7. The maximum absolute atomic E-state index is 14.0. The second-order valence-electron chi connectivity index (χ2n) is 7.52. The number of ether oxygens (including phenoxy) is 1. The van der Waals surface area contributed by atoms with Crippen LogP contribution >= 0.6 is 0 Å². The molecular formula is C24H25FO5S. The van der Waals surface area contributed by atoms with Crippen molar-refractivity contribution < 1.29 is 27.4 Å². The van der Waals surface area contributed by atoms with E-state index in [0.29, 0.717) is 24.0 Å². The molecule has 0 heterocycles. The van der Waals surface area contributed by atoms with Crippen LogP contribution in [0, 0.1) is 5.82 Å². The molecule has 0 radical (unpaired) electrons. The normalized spacial score (nSPS) is 14.8. The Hall–Kier alpha value is -2.77. The number of allylic oxidation sites excluding steroid dienone is 2. The van der Waals surface area contributed by atoms with Crippen LogP contribution in [0.2, 0.25) is 0 Å². The van der Waals surface area contributed by atoms with Crippen LogP contribution in [-0.4, -0.2) is 39.0 Å². The highest BCUT2D eigenvalue weighted by Gasteiger charge is 2.26. The summed E-state index contributed by atoms with van der Waals surface area (Å²) in [6, 6.07) is 11.0. The van der Waals surface area contributed by atoms with Gasteiger partial charge in [0.05, 0.1) is 17.9 Å². The Morgan fingerprint density at radius 1 is 1.10 bits per heavy atom. The summed E-state index contributed by atoms with van der Waals surface area (Å²) >= 11 is 0. The van der Waals surface area contributed by atoms with Gasteiger partial charge in [0, 0.05) is 12.9 Å². The number of unbranched alkanes of at least 4 members (excludes halogenated alkanes) is 1. The minimum absolute atomic E-state index is 0.0196. The van der Waals surface area contributed by atoms with Crippen molar-refractivity contribution in [2.24, 2.45) is 0 Å². The summed E-state index contributed by atoms with van der Waals surface area (Å²) < 4.78 is 42.6. The lowest BCUT2D eigenvalue weighted by molar-refractivity contribution is -0.142. The molecule has 1 aliphatic rings. The molecule has 0 atom stereocenters. The summed E-state index contributed by atoms with van der Waals surface area (Å²) in [5.74, 6) is -0.791. The molecule has 1 N–H and O–H groups in total. The Labute approximate surface area is 181 Å². The van der Waals surface area contributed by atoms with Crippen molar-refractivity contribution in [2.75, 3.05) is 19.5 Å². The Balaban J connectivity index is 1.92. The number of aliphatic hydroxyl groups excluding tert-OH is 1. The number of aliphatic hydroxyl groups is 1. The molecule has 0 spiro atoms. The smallest absolute Gasteiger partial charge is 0.310 e. The van der Waals surface area contributed by atoms with Gasteiger partial charge in [0.1, 0.15) is 5.82 Å². The Morgan fingerprint density at radius 3 is 2.45 bits per heavy atom. The summed E-state index contributed by atoms with van der Waals surface area (Å²) in [5, 5.41) is 8.82. The Morgan fingerprint density at radius 2 is 1.81 bits per heavy atom. The Bertz CT molecular complexity index is 1140. The summed E-state index contributed by atoms with van der Waals surface area (Å²) in [4.78, 5) is 12.5. The molecule has 164 valence electrons. The van der Waals surface area contributed by atoms with E-state index in [1.807, 2.05) is 13.0 Å². The molecule has 0 aliphatic heterocycles. The summed E-state index contributed by atoms with van der Waals surface area (Å²) in [6.07, 6.45) is 4.22. The number of halogens is 1. The van der Waals surface area contributed by atoms with Gasteiger partial charge in [0.15, 0.2) is 9.84 Å². The predicted molar refractivity (Wildman–Crippen MR) is 118 cm³/mol. The van der Waals surface area contributed by atoms with Crippen molar-refractivity contribution >= 4 is 33.0 Å². The first-order valence-corrected chi connectivity index (χ1v) is 11.9. The molecule has 7 heteroatoms. The highest BCUT2D eigenvalue weighted by Crippen LogP contribution is 2.44. The molecule has 2 aromatic carbocycles. The van der Waals surface area contributed by atoms with E-state index in [4.69, 9.17) is 9.84 Å². The fraction of sp³-hybridized carbons (Fsp3) is 0.292. The van der Waals surface area contributed by atoms with Gasteiger partial charge < -0.3 is 9.84 Å². The molecule has 0 fully saturated rings. The Kier molecular flexibility index (Phi) is 7.08. The van der Waals surface area contributed by atoms with E-state index in [2.05, 4.69) is 0 Å². The van der Waals surface area contributed by atoms with Crippen molar-refractivity contribution in [2.45, 2.75) is 31.1 Å². The number of carbonyl (C=O) groups excluding carboxylic acids is 1. The van der Waals surface area contributed by atoms with Crippen molar-refractivity contribution in [3.63, 3.8) is 0 Å². The second-order valence-corrected chi connectivity index (χ2v) is 9.54. The van der Waals surface area contributed by atoms with Gasteiger partial charge in [0.25, 0.3) is 0 Å². The van der Waals surface area contributed by atoms with Crippen LogP contribution in [0.15, 0.2) is 52.9 Å². The lowest BCUT2D eigenvalue weighted by atomic mass is 10.0. The lowest BCUT2D eigenvalue weighted by Crippen LogP contribution is -2.07. The summed E-state index contributed by atoms with van der Waals surface area (Å²) in [5.41, 5.74) is 4.67. The minimum atomic E-state index is -3.28. The van der Waals surface area contributed by atoms with Crippen LogP contribution in [0.3, 0.4) is 0 Å². The van der Waals surface area contributed by atoms with Gasteiger partial charge >= 0.3 is 5.97 Å². The van der Waals surface area contributed by atoms with Crippen LogP contribution in [0.25, 0.3) is 17.2 Å². The highest BCUT2D eigenvalue weighted by molar-refractivity contribution is 7.90. The number of carbonyl (C=O) groups is 1. The molecule has 5 nitrogen and oxygen atoms in total. The van der Waals surface area contributed by atoms with Gasteiger partial charge in [-0.15, -0.1) is 0 Å². The van der Waals surface area contributed by atoms with Crippen molar-refractivity contribution in [1.29, 1.82) is 0 Å². The van der Waals surface area contributed by atoms with Gasteiger partial charge in [-0.3, -0.25) is 4.79 Å². The molecule has 2 aromatic rings. The number of esters is 1. The molecule has 3 rings (SSSR count). The van der Waals surface area contributed by atoms with E-state index in [1.54, 1.807) is 30.3 Å². The average Bonchev–Trinajstić information content (AvgIpc) is 2.96. The van der Waals surface area contributed by atoms with E-state index in [9.17, 15) is 17.6 Å². The number of fused-ring (bicyclic) bond motifs is 1. The number of hydrogen-bond donors (Lipinski definition) is 1. The van der Waals surface area contributed by atoms with Crippen LogP contribution in [0.4, 0.5) is 4.39 Å². The van der Waals surface area contributed by atoms with E-state index in [0.717, 1.165) is 28.5 Å². The third kappa shape index (κ3) is 5.48. The van der Waals surface area contributed by atoms with Crippen molar-refractivity contribution in [3.05, 3.63) is 70.5 Å². The third-order valence-corrected chi connectivity index (χ3v) is 6.34. The van der Waals surface area contributed by atoms with Gasteiger partial charge in [-0.05, 0) is 83.5 Å². The molecular weight excluding hydrogens is 419 g/mol. The molecule has 0 amide bonds. The number of sulfone groups is 1. The largest absolute Gasteiger partial charge is 0.465 e. The summed E-state index contributed by atoms with van der Waals surface area (Å²) in [6.45, 7) is 2.16. The first-order valence-electron chi connectivity index (χ1n) is 9.99. The van der Waals surface area contributed by atoms with E-state index in [1.165, 1.54) is 12.1 Å². The maximum Gasteiger partial charge on any atom is 0.310 e. The minimum Gasteiger partial charge on any atom is -0.465 e. The predicted octanol–water partition coefficient (Wildman–Crippen LogP) is 4.26. The molecule has 0 aromatic heterocycles. The van der Waals surface area contributed by atoms with Crippen LogP contribution in [0.5, 0.6) is 0 Å². The van der Waals surface area contributed by atoms with Gasteiger partial charge in [-0.25, -0.2) is 12.8 Å². The maximum atomic E-state index is 14.0. The monoisotopic (exact) mass is 444 g/mol. The SMILES string of the molecule is CC1=C(CC(=O)OCCCCO)c2cc(F)ccc2/C1=C\c1ccc(S(C)(=O)=O)cc1. The molecule has 0 bridgehead atoms. The quantitative estimate of drug-likeness (QED) is 0.486. The van der Waals surface area contributed by atoms with E-state index < -0.39 is 15.8 Å². The summed E-state index contributed by atoms with van der Waals surface area (Å²) in [7, 11) is -3.28. The van der Waals surface area contributed by atoms with Crippen LogP contribution in [0.1, 0.15) is 42.9 Å². The van der Waals surface area contributed by atoms with E-state index >= 15 is 0 Å². The zero-order valence-electron chi connectivity index (χ0n) is 17.5. The zero-order chi connectivity index (χ0) is 22.6. The fourth-order valence-corrected chi connectivity index (χ4v) is 4.19. The number of rotatable bonds is 8. The van der Waals surface area contributed by atoms with Crippen LogP contribution in [-0.2, 0) is 19.4 Å². The third-order valence-electron chi connectivity index (χ3n) is 5.21. The van der Waals surface area contributed by atoms with Crippen LogP contribution < -0.4 is 0 Å². The number of hydrogen-bond acceptors (Lipinski definition) is 5. The topological polar surface area (TPSA) is 80.7 Å². The molecule has 1 aliphatic carbocycles. The lowest BCUT2D eigenvalue weighted by Gasteiger charge is -2.07. The van der Waals surface area contributed by atoms with Gasteiger partial charge in [-0.1, -0.05) is 18.2 Å². The molecule has 31 heavy (non-hydrogen) atoms.